The monoisotopic (exact) mass is 343 g/mol. The summed E-state index contributed by atoms with van der Waals surface area (Å²) in [5.41, 5.74) is 1.01. The van der Waals surface area contributed by atoms with E-state index < -0.39 is 0 Å². The molecule has 0 saturated carbocycles. The van der Waals surface area contributed by atoms with Crippen LogP contribution in [0, 0.1) is 0 Å². The van der Waals surface area contributed by atoms with Gasteiger partial charge in [-0.05, 0) is 11.4 Å². The quantitative estimate of drug-likeness (QED) is 0.712. The van der Waals surface area contributed by atoms with Crippen molar-refractivity contribution in [3.8, 4) is 10.6 Å². The zero-order chi connectivity index (χ0) is 16.4. The minimum absolute atomic E-state index is 0.852. The van der Waals surface area contributed by atoms with Crippen LogP contribution >= 0.6 is 11.3 Å². The van der Waals surface area contributed by atoms with Crippen LogP contribution in [0.25, 0.3) is 10.6 Å². The number of imidazole rings is 1. The molecule has 0 N–H and O–H groups in total. The molecule has 1 saturated heterocycles. The van der Waals surface area contributed by atoms with Crippen LogP contribution in [0.15, 0.2) is 40.5 Å². The Morgan fingerprint density at radius 1 is 1.17 bits per heavy atom. The third-order valence-electron chi connectivity index (χ3n) is 4.46. The zero-order valence-electron chi connectivity index (χ0n) is 13.8. The molecule has 3 aromatic heterocycles. The molecule has 0 bridgehead atoms. The van der Waals surface area contributed by atoms with Gasteiger partial charge in [0.2, 0.25) is 0 Å². The van der Waals surface area contributed by atoms with Crippen molar-refractivity contribution in [2.45, 2.75) is 13.1 Å². The first kappa shape index (κ1) is 15.6. The lowest BCUT2D eigenvalue weighted by Crippen LogP contribution is -2.45. The molecule has 1 fully saturated rings. The van der Waals surface area contributed by atoms with Gasteiger partial charge < -0.3 is 9.09 Å². The lowest BCUT2D eigenvalue weighted by molar-refractivity contribution is 0.117. The van der Waals surface area contributed by atoms with E-state index in [0.29, 0.717) is 0 Å². The normalized spacial score (nSPS) is 16.7. The van der Waals surface area contributed by atoms with Gasteiger partial charge in [0, 0.05) is 58.2 Å². The number of piperazine rings is 1. The predicted octanol–water partition coefficient (Wildman–Crippen LogP) is 2.45. The fourth-order valence-corrected chi connectivity index (χ4v) is 3.68. The van der Waals surface area contributed by atoms with E-state index in [0.717, 1.165) is 61.4 Å². The fourth-order valence-electron chi connectivity index (χ4n) is 3.00. The summed E-state index contributed by atoms with van der Waals surface area (Å²) in [6.45, 7) is 5.98. The highest BCUT2D eigenvalue weighted by Crippen LogP contribution is 2.25. The SMILES string of the molecule is Cn1ccnc1CN1CCN(Cc2cc(-c3cccs3)on2)CC1. The topological polar surface area (TPSA) is 50.3 Å². The Bertz CT molecular complexity index is 771. The maximum atomic E-state index is 5.47. The van der Waals surface area contributed by atoms with E-state index in [-0.39, 0.29) is 0 Å². The van der Waals surface area contributed by atoms with Gasteiger partial charge >= 0.3 is 0 Å². The van der Waals surface area contributed by atoms with E-state index in [2.05, 4.69) is 42.0 Å². The van der Waals surface area contributed by atoms with Crippen molar-refractivity contribution >= 4 is 11.3 Å². The van der Waals surface area contributed by atoms with E-state index in [1.807, 2.05) is 25.5 Å². The van der Waals surface area contributed by atoms with Crippen molar-refractivity contribution in [2.75, 3.05) is 26.2 Å². The van der Waals surface area contributed by atoms with Gasteiger partial charge in [-0.2, -0.15) is 0 Å². The van der Waals surface area contributed by atoms with E-state index in [1.54, 1.807) is 11.3 Å². The van der Waals surface area contributed by atoms with Crippen LogP contribution in [0.2, 0.25) is 0 Å². The largest absolute Gasteiger partial charge is 0.355 e. The molecule has 4 heterocycles. The molecule has 1 aliphatic rings. The molecule has 0 aromatic carbocycles. The number of rotatable bonds is 5. The average Bonchev–Trinajstić information content (AvgIpc) is 3.32. The van der Waals surface area contributed by atoms with Crippen molar-refractivity contribution < 1.29 is 4.52 Å². The molecule has 24 heavy (non-hydrogen) atoms. The first-order chi connectivity index (χ1) is 11.8. The molecule has 1 aliphatic heterocycles. The highest BCUT2D eigenvalue weighted by molar-refractivity contribution is 7.13. The summed E-state index contributed by atoms with van der Waals surface area (Å²) in [6, 6.07) is 6.15. The summed E-state index contributed by atoms with van der Waals surface area (Å²) < 4.78 is 7.56. The second kappa shape index (κ2) is 6.88. The minimum atomic E-state index is 0.852. The summed E-state index contributed by atoms with van der Waals surface area (Å²) in [5.74, 6) is 1.99. The van der Waals surface area contributed by atoms with Crippen molar-refractivity contribution in [2.24, 2.45) is 7.05 Å². The van der Waals surface area contributed by atoms with Crippen LogP contribution in [0.4, 0.5) is 0 Å². The standard InChI is InChI=1S/C17H21N5OS/c1-20-5-4-18-17(20)13-22-8-6-21(7-9-22)12-14-11-15(23-19-14)16-3-2-10-24-16/h2-5,10-11H,6-9,12-13H2,1H3. The Hall–Kier alpha value is -1.96. The van der Waals surface area contributed by atoms with Gasteiger partial charge in [-0.25, -0.2) is 4.98 Å². The van der Waals surface area contributed by atoms with Crippen molar-refractivity contribution in [3.63, 3.8) is 0 Å². The lowest BCUT2D eigenvalue weighted by Gasteiger charge is -2.33. The Kier molecular flexibility index (Phi) is 4.46. The molecular weight excluding hydrogens is 322 g/mol. The molecule has 4 rings (SSSR count). The van der Waals surface area contributed by atoms with Gasteiger partial charge in [-0.15, -0.1) is 11.3 Å². The Labute approximate surface area is 145 Å². The molecule has 6 nitrogen and oxygen atoms in total. The molecular formula is C17H21N5OS. The van der Waals surface area contributed by atoms with Gasteiger partial charge in [0.15, 0.2) is 5.76 Å². The predicted molar refractivity (Wildman–Crippen MR) is 93.6 cm³/mol. The summed E-state index contributed by atoms with van der Waals surface area (Å²) in [7, 11) is 2.05. The van der Waals surface area contributed by atoms with Crippen LogP contribution in [0.3, 0.4) is 0 Å². The van der Waals surface area contributed by atoms with Crippen molar-refractivity contribution in [1.29, 1.82) is 0 Å². The van der Waals surface area contributed by atoms with Gasteiger partial charge in [0.25, 0.3) is 0 Å². The molecule has 3 aromatic rings. The summed E-state index contributed by atoms with van der Waals surface area (Å²) in [4.78, 5) is 10.4. The maximum Gasteiger partial charge on any atom is 0.177 e. The number of aromatic nitrogens is 3. The number of thiophene rings is 1. The van der Waals surface area contributed by atoms with Gasteiger partial charge in [0.05, 0.1) is 17.1 Å². The van der Waals surface area contributed by atoms with Crippen molar-refractivity contribution in [3.05, 3.63) is 47.5 Å². The molecule has 0 atom stereocenters. The second-order valence-corrected chi connectivity index (χ2v) is 7.11. The highest BCUT2D eigenvalue weighted by Gasteiger charge is 2.19. The van der Waals surface area contributed by atoms with Crippen molar-refractivity contribution in [1.82, 2.24) is 24.5 Å². The van der Waals surface area contributed by atoms with Crippen LogP contribution in [-0.2, 0) is 20.1 Å². The first-order valence-electron chi connectivity index (χ1n) is 8.18. The fraction of sp³-hybridized carbons (Fsp3) is 0.412. The van der Waals surface area contributed by atoms with Crippen LogP contribution < -0.4 is 0 Å². The maximum absolute atomic E-state index is 5.47. The number of hydrogen-bond acceptors (Lipinski definition) is 6. The van der Waals surface area contributed by atoms with E-state index in [1.165, 1.54) is 0 Å². The van der Waals surface area contributed by atoms with Gasteiger partial charge in [-0.3, -0.25) is 9.80 Å². The van der Waals surface area contributed by atoms with Gasteiger partial charge in [-0.1, -0.05) is 11.2 Å². The minimum Gasteiger partial charge on any atom is -0.355 e. The van der Waals surface area contributed by atoms with Crippen LogP contribution in [0.1, 0.15) is 11.5 Å². The third-order valence-corrected chi connectivity index (χ3v) is 5.34. The van der Waals surface area contributed by atoms with Gasteiger partial charge in [0.1, 0.15) is 5.82 Å². The van der Waals surface area contributed by atoms with E-state index in [4.69, 9.17) is 4.52 Å². The Morgan fingerprint density at radius 2 is 1.96 bits per heavy atom. The lowest BCUT2D eigenvalue weighted by atomic mass is 10.2. The first-order valence-corrected chi connectivity index (χ1v) is 9.06. The molecule has 0 spiro atoms. The zero-order valence-corrected chi connectivity index (χ0v) is 14.6. The molecule has 0 unspecified atom stereocenters. The molecule has 0 amide bonds. The molecule has 126 valence electrons. The average molecular weight is 343 g/mol. The number of nitrogens with zero attached hydrogens (tertiary/aromatic N) is 5. The third kappa shape index (κ3) is 3.43. The van der Waals surface area contributed by atoms with Crippen LogP contribution in [-0.4, -0.2) is 50.7 Å². The number of hydrogen-bond donors (Lipinski definition) is 0. The van der Waals surface area contributed by atoms with E-state index >= 15 is 0 Å². The Balaban J connectivity index is 1.30. The summed E-state index contributed by atoms with van der Waals surface area (Å²) in [6.07, 6.45) is 3.86. The Morgan fingerprint density at radius 3 is 2.62 bits per heavy atom. The number of aryl methyl sites for hydroxylation is 1. The molecule has 0 aliphatic carbocycles. The summed E-state index contributed by atoms with van der Waals surface area (Å²) >= 11 is 1.68. The molecule has 0 radical (unpaired) electrons. The highest BCUT2D eigenvalue weighted by atomic mass is 32.1. The second-order valence-electron chi connectivity index (χ2n) is 6.17. The van der Waals surface area contributed by atoms with E-state index in [9.17, 15) is 0 Å². The summed E-state index contributed by atoms with van der Waals surface area (Å²) in [5, 5.41) is 6.27. The van der Waals surface area contributed by atoms with Crippen LogP contribution in [0.5, 0.6) is 0 Å². The smallest absolute Gasteiger partial charge is 0.177 e. The molecule has 7 heteroatoms.